The predicted octanol–water partition coefficient (Wildman–Crippen LogP) is 0.680. The average Bonchev–Trinajstić information content (AvgIpc) is 3.13. The van der Waals surface area contributed by atoms with E-state index in [1.54, 1.807) is 0 Å². The largest absolute Gasteiger partial charge is 1.00 e. The molecule has 0 radical (unpaired) electrons. The van der Waals surface area contributed by atoms with Crippen LogP contribution in [-0.2, 0) is 29.2 Å². The summed E-state index contributed by atoms with van der Waals surface area (Å²) in [5.74, 6) is 0. The van der Waals surface area contributed by atoms with Gasteiger partial charge in [-0.1, -0.05) is 0 Å². The van der Waals surface area contributed by atoms with Crippen molar-refractivity contribution in [1.82, 2.24) is 0 Å². The van der Waals surface area contributed by atoms with Gasteiger partial charge in [0.2, 0.25) is 0 Å². The molecule has 4 rings (SSSR count). The molecule has 2 aromatic carbocycles. The quantitative estimate of drug-likeness (QED) is 0.462. The Morgan fingerprint density at radius 3 is 1.03 bits per heavy atom. The Kier molecular flexibility index (Phi) is 7.76. The second-order valence-corrected chi connectivity index (χ2v) is 14.7. The normalized spacial score (nSPS) is 18.3. The van der Waals surface area contributed by atoms with Gasteiger partial charge in [-0.2, -0.15) is 0 Å². The van der Waals surface area contributed by atoms with Crippen LogP contribution in [0.5, 0.6) is 0 Å². The van der Waals surface area contributed by atoms with Gasteiger partial charge in [0.1, 0.15) is 0 Å². The van der Waals surface area contributed by atoms with Crippen LogP contribution in [0.1, 0.15) is 38.8 Å². The first-order chi connectivity index (χ1) is 12.9. The van der Waals surface area contributed by atoms with E-state index in [0.717, 1.165) is 0 Å². The second-order valence-electron chi connectivity index (χ2n) is 7.90. The van der Waals surface area contributed by atoms with E-state index < -0.39 is 22.9 Å². The van der Waals surface area contributed by atoms with E-state index in [4.69, 9.17) is 0 Å². The van der Waals surface area contributed by atoms with Gasteiger partial charge in [0.15, 0.2) is 0 Å². The molecule has 0 spiro atoms. The second kappa shape index (κ2) is 9.33. The van der Waals surface area contributed by atoms with Crippen LogP contribution in [0.2, 0.25) is 0 Å². The zero-order valence-electron chi connectivity index (χ0n) is 17.3. The van der Waals surface area contributed by atoms with E-state index in [2.05, 4.69) is 113 Å². The van der Waals surface area contributed by atoms with Crippen molar-refractivity contribution in [2.24, 2.45) is 0 Å². The monoisotopic (exact) mass is 588 g/mol. The molecule has 2 aliphatic rings. The molecule has 0 N–H and O–H groups in total. The van der Waals surface area contributed by atoms with Crippen LogP contribution in [0, 0.1) is 0 Å². The van der Waals surface area contributed by atoms with Crippen LogP contribution >= 0.6 is 0 Å². The Labute approximate surface area is 199 Å². The summed E-state index contributed by atoms with van der Waals surface area (Å²) in [5.41, 5.74) is 8.68. The molecular weight excluding hydrogens is 562 g/mol. The van der Waals surface area contributed by atoms with Crippen molar-refractivity contribution in [2.45, 2.75) is 34.0 Å². The number of hydrogen-bond acceptors (Lipinski definition) is 0. The summed E-state index contributed by atoms with van der Waals surface area (Å²) in [6, 6.07) is 22.3. The third-order valence-electron chi connectivity index (χ3n) is 5.94. The molecule has 0 saturated carbocycles. The maximum atomic E-state index is 2.57. The van der Waals surface area contributed by atoms with Gasteiger partial charge in [-0.05, 0) is 0 Å². The van der Waals surface area contributed by atoms with Crippen LogP contribution in [-0.4, -0.2) is 0 Å². The fourth-order valence-electron chi connectivity index (χ4n) is 4.30. The van der Waals surface area contributed by atoms with Crippen molar-refractivity contribution >= 4 is 0 Å². The molecule has 2 aliphatic carbocycles. The van der Waals surface area contributed by atoms with E-state index >= 15 is 0 Å². The summed E-state index contributed by atoms with van der Waals surface area (Å²) in [5, 5.41) is 0. The minimum atomic E-state index is -1.35. The van der Waals surface area contributed by atoms with E-state index in [-0.39, 0.29) is 31.2 Å². The number of rotatable bonds is 4. The van der Waals surface area contributed by atoms with Gasteiger partial charge in [-0.25, -0.2) is 0 Å². The Hall–Kier alpha value is -1.15. The van der Waals surface area contributed by atoms with Crippen molar-refractivity contribution in [3.8, 4) is 0 Å². The molecule has 0 fully saturated rings. The summed E-state index contributed by atoms with van der Waals surface area (Å²) in [4.78, 5) is 0. The molecule has 148 valence electrons. The zero-order valence-corrected chi connectivity index (χ0v) is 22.4. The van der Waals surface area contributed by atoms with Gasteiger partial charge >= 0.3 is 175 Å². The SMILES string of the molecule is CC1=C[C]([Hf+2][C]2(c3ccccc3)C=C(C)C(C)=C2)(c2ccccc2)C=C1C.[Cl-].[Cl-]. The van der Waals surface area contributed by atoms with Gasteiger partial charge in [-0.3, -0.25) is 0 Å². The number of hydrogen-bond donors (Lipinski definition) is 0. The minimum Gasteiger partial charge on any atom is -1.00 e. The van der Waals surface area contributed by atoms with Crippen LogP contribution in [0.15, 0.2) is 107 Å². The maximum absolute atomic E-state index is 2.57. The van der Waals surface area contributed by atoms with Gasteiger partial charge in [0, 0.05) is 0 Å². The Morgan fingerprint density at radius 1 is 0.483 bits per heavy atom. The van der Waals surface area contributed by atoms with Gasteiger partial charge < -0.3 is 24.8 Å². The van der Waals surface area contributed by atoms with Crippen LogP contribution in [0.4, 0.5) is 0 Å². The molecule has 29 heavy (non-hydrogen) atoms. The Morgan fingerprint density at radius 2 is 0.759 bits per heavy atom. The predicted molar refractivity (Wildman–Crippen MR) is 111 cm³/mol. The molecule has 0 aromatic heterocycles. The maximum Gasteiger partial charge on any atom is -1.00 e. The van der Waals surface area contributed by atoms with Crippen molar-refractivity contribution in [3.63, 3.8) is 0 Å². The fraction of sp³-hybridized carbons (Fsp3) is 0.231. The number of allylic oxidation sites excluding steroid dienone is 8. The fourth-order valence-corrected chi connectivity index (χ4v) is 13.1. The molecule has 0 heterocycles. The van der Waals surface area contributed by atoms with E-state index in [0.29, 0.717) is 0 Å². The first-order valence-electron chi connectivity index (χ1n) is 9.63. The van der Waals surface area contributed by atoms with Crippen molar-refractivity contribution in [3.05, 3.63) is 118 Å². The summed E-state index contributed by atoms with van der Waals surface area (Å²) in [7, 11) is 0. The standard InChI is InChI=1S/2C13H13.2ClH.Hf/c2*1-10-8-13(9-11(10)2)12-6-4-3-5-7-12;;;/h2*3-9H,1-2H3;2*1H;/q;;;;+2/p-2. The summed E-state index contributed by atoms with van der Waals surface area (Å²) in [6.07, 6.45) is 10.3. The Balaban J connectivity index is 0.00000150. The molecule has 0 saturated heterocycles. The van der Waals surface area contributed by atoms with Gasteiger partial charge in [0.25, 0.3) is 0 Å². The molecule has 0 atom stereocenters. The summed E-state index contributed by atoms with van der Waals surface area (Å²) in [6.45, 7) is 9.08. The Bertz CT molecular complexity index is 864. The molecule has 0 unspecified atom stereocenters. The summed E-state index contributed by atoms with van der Waals surface area (Å²) >= 11 is -1.35. The van der Waals surface area contributed by atoms with E-state index in [9.17, 15) is 0 Å². The average molecular weight is 588 g/mol. The van der Waals surface area contributed by atoms with Crippen molar-refractivity contribution in [1.29, 1.82) is 0 Å². The van der Waals surface area contributed by atoms with Gasteiger partial charge in [0.05, 0.1) is 0 Å². The molecule has 2 aromatic rings. The van der Waals surface area contributed by atoms with Gasteiger partial charge in [-0.15, -0.1) is 0 Å². The van der Waals surface area contributed by atoms with Crippen molar-refractivity contribution < 1.29 is 47.7 Å². The third kappa shape index (κ3) is 4.48. The zero-order chi connectivity index (χ0) is 19.1. The first-order valence-corrected chi connectivity index (χ1v) is 13.2. The topological polar surface area (TPSA) is 0 Å². The number of benzene rings is 2. The molecule has 0 nitrogen and oxygen atoms in total. The number of halogens is 2. The molecular formula is C26H26Cl2Hf. The van der Waals surface area contributed by atoms with Crippen LogP contribution in [0.3, 0.4) is 0 Å². The van der Waals surface area contributed by atoms with E-state index in [1.165, 1.54) is 33.4 Å². The first kappa shape index (κ1) is 24.1. The summed E-state index contributed by atoms with van der Waals surface area (Å²) < 4.78 is 0.229. The van der Waals surface area contributed by atoms with E-state index in [1.807, 2.05) is 0 Å². The molecule has 0 aliphatic heterocycles. The van der Waals surface area contributed by atoms with Crippen LogP contribution < -0.4 is 24.8 Å². The smallest absolute Gasteiger partial charge is 1.00 e. The van der Waals surface area contributed by atoms with Crippen LogP contribution in [0.25, 0.3) is 0 Å². The van der Waals surface area contributed by atoms with Crippen molar-refractivity contribution in [2.75, 3.05) is 0 Å². The molecule has 0 amide bonds. The molecule has 0 bridgehead atoms. The minimum absolute atomic E-state index is 0. The molecule has 3 heteroatoms. The third-order valence-corrected chi connectivity index (χ3v) is 13.1.